The zero-order chi connectivity index (χ0) is 18.8. The van der Waals surface area contributed by atoms with E-state index in [2.05, 4.69) is 5.32 Å². The number of urea groups is 1. The Kier molecular flexibility index (Phi) is 4.99. The van der Waals surface area contributed by atoms with E-state index in [9.17, 15) is 9.18 Å². The summed E-state index contributed by atoms with van der Waals surface area (Å²) in [5.41, 5.74) is 0.715. The number of benzene rings is 2. The lowest BCUT2D eigenvalue weighted by Gasteiger charge is -2.37. The lowest BCUT2D eigenvalue weighted by molar-refractivity contribution is -0.00364. The molecule has 6 heteroatoms. The topological polar surface area (TPSA) is 50.8 Å². The second kappa shape index (κ2) is 7.56. The number of amides is 2. The number of hydrogen-bond donors (Lipinski definition) is 1. The van der Waals surface area contributed by atoms with E-state index in [4.69, 9.17) is 9.47 Å². The fourth-order valence-electron chi connectivity index (χ4n) is 4.17. The molecule has 0 spiro atoms. The number of carbonyl (C=O) groups excluding carboxylic acids is 1. The maximum atomic E-state index is 12.9. The predicted molar refractivity (Wildman–Crippen MR) is 101 cm³/mol. The van der Waals surface area contributed by atoms with Gasteiger partial charge in [0.2, 0.25) is 0 Å². The highest BCUT2D eigenvalue weighted by Crippen LogP contribution is 2.38. The van der Waals surface area contributed by atoms with E-state index in [1.165, 1.54) is 12.1 Å². The highest BCUT2D eigenvalue weighted by Gasteiger charge is 2.43. The number of piperidine rings is 1. The smallest absolute Gasteiger partial charge is 0.321 e. The third-order valence-corrected chi connectivity index (χ3v) is 5.46. The van der Waals surface area contributed by atoms with Crippen LogP contribution in [0.15, 0.2) is 48.5 Å². The van der Waals surface area contributed by atoms with Crippen molar-refractivity contribution in [3.8, 4) is 11.5 Å². The Hall–Kier alpha value is -2.60. The molecule has 27 heavy (non-hydrogen) atoms. The van der Waals surface area contributed by atoms with Crippen LogP contribution < -0.4 is 10.1 Å². The van der Waals surface area contributed by atoms with E-state index in [-0.39, 0.29) is 18.0 Å². The fourth-order valence-corrected chi connectivity index (χ4v) is 4.17. The molecule has 2 aliphatic rings. The first-order chi connectivity index (χ1) is 13.1. The van der Waals surface area contributed by atoms with Crippen molar-refractivity contribution in [2.75, 3.05) is 25.5 Å². The highest BCUT2D eigenvalue weighted by atomic mass is 19.1. The Morgan fingerprint density at radius 3 is 2.11 bits per heavy atom. The van der Waals surface area contributed by atoms with Gasteiger partial charge in [0.15, 0.2) is 0 Å². The molecule has 2 fully saturated rings. The van der Waals surface area contributed by atoms with Crippen molar-refractivity contribution in [1.82, 2.24) is 4.90 Å². The Bertz CT molecular complexity index is 780. The van der Waals surface area contributed by atoms with Crippen LogP contribution in [0.25, 0.3) is 0 Å². The van der Waals surface area contributed by atoms with Gasteiger partial charge in [-0.15, -0.1) is 0 Å². The van der Waals surface area contributed by atoms with Gasteiger partial charge in [0.1, 0.15) is 17.3 Å². The van der Waals surface area contributed by atoms with Crippen molar-refractivity contribution in [2.24, 2.45) is 11.8 Å². The zero-order valence-corrected chi connectivity index (χ0v) is 15.2. The van der Waals surface area contributed by atoms with Gasteiger partial charge >= 0.3 is 6.03 Å². The van der Waals surface area contributed by atoms with Crippen LogP contribution >= 0.6 is 0 Å². The van der Waals surface area contributed by atoms with Crippen molar-refractivity contribution in [3.63, 3.8) is 0 Å². The molecule has 1 N–H and O–H groups in total. The Labute approximate surface area is 158 Å². The predicted octanol–water partition coefficient (Wildman–Crippen LogP) is 4.51. The number of carbonyl (C=O) groups is 1. The lowest BCUT2D eigenvalue weighted by atomic mass is 9.95. The summed E-state index contributed by atoms with van der Waals surface area (Å²) in [5, 5.41) is 2.95. The summed E-state index contributed by atoms with van der Waals surface area (Å²) in [6.45, 7) is 1.49. The van der Waals surface area contributed by atoms with Gasteiger partial charge in [-0.25, -0.2) is 9.18 Å². The zero-order valence-electron chi connectivity index (χ0n) is 15.2. The average Bonchev–Trinajstić information content (AvgIpc) is 2.92. The summed E-state index contributed by atoms with van der Waals surface area (Å²) >= 11 is 0. The summed E-state index contributed by atoms with van der Waals surface area (Å²) in [4.78, 5) is 14.5. The summed E-state index contributed by atoms with van der Waals surface area (Å²) in [5.74, 6) is 1.75. The SMILES string of the molecule is COC1C2CCC1CN(C(=O)Nc1ccc(Oc3ccc(F)cc3)cc1)C2. The molecule has 2 unspecified atom stereocenters. The summed E-state index contributed by atoms with van der Waals surface area (Å²) in [7, 11) is 1.77. The molecule has 0 aromatic heterocycles. The number of rotatable bonds is 4. The van der Waals surface area contributed by atoms with E-state index in [1.807, 2.05) is 4.90 Å². The summed E-state index contributed by atoms with van der Waals surface area (Å²) in [6, 6.07) is 12.9. The number of methoxy groups -OCH3 is 1. The molecule has 1 aliphatic carbocycles. The molecule has 1 heterocycles. The number of nitrogens with one attached hydrogen (secondary N) is 1. The Morgan fingerprint density at radius 2 is 1.56 bits per heavy atom. The fraction of sp³-hybridized carbons (Fsp3) is 0.381. The Balaban J connectivity index is 1.34. The normalized spacial score (nSPS) is 23.9. The summed E-state index contributed by atoms with van der Waals surface area (Å²) in [6.07, 6.45) is 2.54. The molecule has 2 bridgehead atoms. The molecule has 4 rings (SSSR count). The minimum Gasteiger partial charge on any atom is -0.457 e. The molecule has 5 nitrogen and oxygen atoms in total. The molecule has 2 aromatic carbocycles. The van der Waals surface area contributed by atoms with Crippen LogP contribution in [0, 0.1) is 17.7 Å². The van der Waals surface area contributed by atoms with Gasteiger partial charge in [-0.1, -0.05) is 0 Å². The van der Waals surface area contributed by atoms with Crippen molar-refractivity contribution in [3.05, 3.63) is 54.3 Å². The van der Waals surface area contributed by atoms with Crippen molar-refractivity contribution in [1.29, 1.82) is 0 Å². The van der Waals surface area contributed by atoms with E-state index < -0.39 is 0 Å². The maximum absolute atomic E-state index is 12.9. The van der Waals surface area contributed by atoms with Gasteiger partial charge in [-0.2, -0.15) is 0 Å². The van der Waals surface area contributed by atoms with Gasteiger partial charge in [-0.05, 0) is 61.4 Å². The first-order valence-electron chi connectivity index (χ1n) is 9.24. The lowest BCUT2D eigenvalue weighted by Crippen LogP contribution is -2.49. The minimum absolute atomic E-state index is 0.0753. The molecule has 0 radical (unpaired) electrons. The summed E-state index contributed by atoms with van der Waals surface area (Å²) < 4.78 is 24.2. The van der Waals surface area contributed by atoms with Crippen LogP contribution in [0.3, 0.4) is 0 Å². The van der Waals surface area contributed by atoms with Crippen LogP contribution in [0.4, 0.5) is 14.9 Å². The van der Waals surface area contributed by atoms with Gasteiger partial charge < -0.3 is 19.7 Å². The van der Waals surface area contributed by atoms with E-state index in [0.717, 1.165) is 25.9 Å². The standard InChI is InChI=1S/C21H23FN2O3/c1-26-20-14-2-3-15(20)13-24(12-14)21(25)23-17-6-10-19(11-7-17)27-18-8-4-16(22)5-9-18/h4-11,14-15,20H,2-3,12-13H2,1H3,(H,23,25). The first kappa shape index (κ1) is 17.8. The molecule has 1 saturated heterocycles. The van der Waals surface area contributed by atoms with Gasteiger partial charge in [0.05, 0.1) is 6.10 Å². The first-order valence-corrected chi connectivity index (χ1v) is 9.24. The monoisotopic (exact) mass is 370 g/mol. The number of halogens is 1. The number of ether oxygens (including phenoxy) is 2. The van der Waals surface area contributed by atoms with Crippen LogP contribution in [0.1, 0.15) is 12.8 Å². The van der Waals surface area contributed by atoms with E-state index in [0.29, 0.717) is 29.0 Å². The molecular weight excluding hydrogens is 347 g/mol. The van der Waals surface area contributed by atoms with E-state index in [1.54, 1.807) is 43.5 Å². The second-order valence-corrected chi connectivity index (χ2v) is 7.21. The van der Waals surface area contributed by atoms with Gasteiger partial charge in [0.25, 0.3) is 0 Å². The van der Waals surface area contributed by atoms with Crippen LogP contribution in [0.5, 0.6) is 11.5 Å². The number of likely N-dealkylation sites (tertiary alicyclic amines) is 1. The molecular formula is C21H23FN2O3. The van der Waals surface area contributed by atoms with Crippen molar-refractivity contribution >= 4 is 11.7 Å². The quantitative estimate of drug-likeness (QED) is 0.862. The number of anilines is 1. The molecule has 1 aliphatic heterocycles. The second-order valence-electron chi connectivity index (χ2n) is 7.21. The largest absolute Gasteiger partial charge is 0.457 e. The maximum Gasteiger partial charge on any atom is 0.321 e. The third kappa shape index (κ3) is 3.90. The van der Waals surface area contributed by atoms with Crippen LogP contribution in [0.2, 0.25) is 0 Å². The highest BCUT2D eigenvalue weighted by molar-refractivity contribution is 5.89. The van der Waals surface area contributed by atoms with Gasteiger partial charge in [-0.3, -0.25) is 0 Å². The molecule has 2 atom stereocenters. The Morgan fingerprint density at radius 1 is 1.00 bits per heavy atom. The van der Waals surface area contributed by atoms with Crippen LogP contribution in [-0.4, -0.2) is 37.2 Å². The minimum atomic E-state index is -0.302. The van der Waals surface area contributed by atoms with Gasteiger partial charge in [0, 0.05) is 37.7 Å². The molecule has 2 aromatic rings. The van der Waals surface area contributed by atoms with Crippen molar-refractivity contribution in [2.45, 2.75) is 18.9 Å². The number of nitrogens with zero attached hydrogens (tertiary/aromatic N) is 1. The van der Waals surface area contributed by atoms with Crippen LogP contribution in [-0.2, 0) is 4.74 Å². The molecule has 142 valence electrons. The van der Waals surface area contributed by atoms with E-state index >= 15 is 0 Å². The van der Waals surface area contributed by atoms with Crippen molar-refractivity contribution < 1.29 is 18.7 Å². The third-order valence-electron chi connectivity index (χ3n) is 5.46. The number of hydrogen-bond acceptors (Lipinski definition) is 3. The average molecular weight is 370 g/mol. The molecule has 1 saturated carbocycles. The molecule has 2 amide bonds. The number of fused-ring (bicyclic) bond motifs is 2.